The lowest BCUT2D eigenvalue weighted by Gasteiger charge is -2.16. The van der Waals surface area contributed by atoms with Gasteiger partial charge in [0, 0.05) is 32.9 Å². The molecule has 144 valence electrons. The van der Waals surface area contributed by atoms with Crippen LogP contribution >= 0.6 is 11.8 Å². The van der Waals surface area contributed by atoms with Gasteiger partial charge in [-0.05, 0) is 24.8 Å². The number of rotatable bonds is 6. The van der Waals surface area contributed by atoms with E-state index in [1.807, 2.05) is 30.1 Å². The number of thioether (sulfide) groups is 1. The van der Waals surface area contributed by atoms with Crippen LogP contribution in [0, 0.1) is 0 Å². The number of aryl methyl sites for hydroxylation is 2. The van der Waals surface area contributed by atoms with Gasteiger partial charge in [0.05, 0.1) is 29.4 Å². The van der Waals surface area contributed by atoms with Gasteiger partial charge in [-0.2, -0.15) is 26.9 Å². The van der Waals surface area contributed by atoms with Gasteiger partial charge in [-0.15, -0.1) is 0 Å². The Kier molecular flexibility index (Phi) is 5.28. The summed E-state index contributed by atoms with van der Waals surface area (Å²) < 4.78 is 9.02. The maximum Gasteiger partial charge on any atom is 0.240 e. The summed E-state index contributed by atoms with van der Waals surface area (Å²) in [5.74, 6) is 2.13. The average Bonchev–Trinajstić information content (AvgIpc) is 3.34. The summed E-state index contributed by atoms with van der Waals surface area (Å²) in [6.45, 7) is 3.10. The Labute approximate surface area is 161 Å². The van der Waals surface area contributed by atoms with Crippen LogP contribution < -0.4 is 0 Å². The molecule has 0 spiro atoms. The second-order valence-corrected chi connectivity index (χ2v) is 7.53. The van der Waals surface area contributed by atoms with Crippen LogP contribution in [0.25, 0.3) is 0 Å². The van der Waals surface area contributed by atoms with Crippen LogP contribution in [-0.4, -0.2) is 52.5 Å². The smallest absolute Gasteiger partial charge is 0.240 e. The first kappa shape index (κ1) is 18.2. The highest BCUT2D eigenvalue weighted by Crippen LogP contribution is 2.23. The molecule has 0 bridgehead atoms. The van der Waals surface area contributed by atoms with E-state index in [1.165, 1.54) is 0 Å². The number of aliphatic hydroxyl groups excluding tert-OH is 1. The van der Waals surface area contributed by atoms with Crippen molar-refractivity contribution in [2.75, 3.05) is 12.8 Å². The summed E-state index contributed by atoms with van der Waals surface area (Å²) in [5.41, 5.74) is 2.45. The van der Waals surface area contributed by atoms with Crippen LogP contribution in [0.4, 0.5) is 0 Å². The molecule has 0 saturated carbocycles. The van der Waals surface area contributed by atoms with Crippen molar-refractivity contribution in [3.05, 3.63) is 47.1 Å². The van der Waals surface area contributed by atoms with E-state index in [9.17, 15) is 5.11 Å². The van der Waals surface area contributed by atoms with Crippen LogP contribution in [0.2, 0.25) is 0 Å². The Bertz CT molecular complexity index is 903. The van der Waals surface area contributed by atoms with E-state index in [4.69, 9.17) is 4.52 Å². The van der Waals surface area contributed by atoms with E-state index in [-0.39, 0.29) is 0 Å². The number of fused-ring (bicyclic) bond motifs is 1. The van der Waals surface area contributed by atoms with Crippen LogP contribution in [0.15, 0.2) is 22.9 Å². The predicted molar refractivity (Wildman–Crippen MR) is 99.7 cm³/mol. The molecule has 1 atom stereocenters. The van der Waals surface area contributed by atoms with E-state index < -0.39 is 6.10 Å². The first-order chi connectivity index (χ1) is 13.1. The van der Waals surface area contributed by atoms with Crippen LogP contribution in [0.1, 0.15) is 41.3 Å². The quantitative estimate of drug-likeness (QED) is 0.675. The Morgan fingerprint density at radius 1 is 1.37 bits per heavy atom. The standard InChI is InChI=1S/C17H23N7O2S/c1-22-14(4-5-18-22)17(25)13-8-12-9-23(6-3-7-24(12)20-13)10-16-19-15(11-27-2)21-26-16/h4-5,8,17,25H,3,6-7,9-11H2,1-2H3/t17-/m0/s1. The van der Waals surface area contributed by atoms with Crippen LogP contribution in [0.5, 0.6) is 0 Å². The number of hydrogen-bond acceptors (Lipinski definition) is 8. The molecular formula is C17H23N7O2S. The summed E-state index contributed by atoms with van der Waals surface area (Å²) >= 11 is 1.67. The summed E-state index contributed by atoms with van der Waals surface area (Å²) in [6.07, 6.45) is 3.89. The maximum absolute atomic E-state index is 10.6. The zero-order valence-corrected chi connectivity index (χ0v) is 16.3. The first-order valence-corrected chi connectivity index (χ1v) is 10.3. The zero-order chi connectivity index (χ0) is 18.8. The Morgan fingerprint density at radius 3 is 3.04 bits per heavy atom. The van der Waals surface area contributed by atoms with E-state index in [0.29, 0.717) is 18.1 Å². The molecule has 9 nitrogen and oxygen atoms in total. The van der Waals surface area contributed by atoms with Gasteiger partial charge in [-0.3, -0.25) is 14.3 Å². The fourth-order valence-corrected chi connectivity index (χ4v) is 3.73. The van der Waals surface area contributed by atoms with Gasteiger partial charge in [-0.1, -0.05) is 5.16 Å². The molecule has 1 N–H and O–H groups in total. The second-order valence-electron chi connectivity index (χ2n) is 6.67. The van der Waals surface area contributed by atoms with Gasteiger partial charge >= 0.3 is 0 Å². The lowest BCUT2D eigenvalue weighted by atomic mass is 10.2. The summed E-state index contributed by atoms with van der Waals surface area (Å²) in [6, 6.07) is 3.78. The molecule has 0 saturated heterocycles. The molecule has 0 unspecified atom stereocenters. The number of aromatic nitrogens is 6. The van der Waals surface area contributed by atoms with Crippen molar-refractivity contribution in [2.45, 2.75) is 37.9 Å². The number of hydrogen-bond donors (Lipinski definition) is 1. The van der Waals surface area contributed by atoms with Crippen molar-refractivity contribution in [3.63, 3.8) is 0 Å². The van der Waals surface area contributed by atoms with Gasteiger partial charge in [0.15, 0.2) is 5.82 Å². The molecule has 0 fully saturated rings. The molecule has 3 aromatic heterocycles. The molecule has 10 heteroatoms. The van der Waals surface area contributed by atoms with E-state index in [2.05, 4.69) is 25.2 Å². The first-order valence-electron chi connectivity index (χ1n) is 8.89. The van der Waals surface area contributed by atoms with Crippen molar-refractivity contribution < 1.29 is 9.63 Å². The van der Waals surface area contributed by atoms with Crippen molar-refractivity contribution in [3.8, 4) is 0 Å². The predicted octanol–water partition coefficient (Wildman–Crippen LogP) is 1.35. The van der Waals surface area contributed by atoms with Crippen molar-refractivity contribution in [2.24, 2.45) is 7.05 Å². The lowest BCUT2D eigenvalue weighted by Crippen LogP contribution is -2.23. The SMILES string of the molecule is CSCc1noc(CN2CCCn3nc([C@H](O)c4ccnn4C)cc3C2)n1. The lowest BCUT2D eigenvalue weighted by molar-refractivity contribution is 0.203. The number of aliphatic hydroxyl groups is 1. The maximum atomic E-state index is 10.6. The highest BCUT2D eigenvalue weighted by molar-refractivity contribution is 7.97. The Balaban J connectivity index is 1.48. The molecule has 0 aromatic carbocycles. The molecule has 0 aliphatic carbocycles. The summed E-state index contributed by atoms with van der Waals surface area (Å²) in [5, 5.41) is 23.4. The summed E-state index contributed by atoms with van der Waals surface area (Å²) in [7, 11) is 1.82. The van der Waals surface area contributed by atoms with E-state index in [0.717, 1.165) is 49.0 Å². The minimum absolute atomic E-state index is 0.617. The van der Waals surface area contributed by atoms with E-state index >= 15 is 0 Å². The minimum atomic E-state index is -0.782. The fourth-order valence-electron chi connectivity index (χ4n) is 3.36. The highest BCUT2D eigenvalue weighted by Gasteiger charge is 2.23. The van der Waals surface area contributed by atoms with Crippen LogP contribution in [0.3, 0.4) is 0 Å². The molecule has 1 aliphatic heterocycles. The van der Waals surface area contributed by atoms with Gasteiger partial charge in [-0.25, -0.2) is 0 Å². The fraction of sp³-hybridized carbons (Fsp3) is 0.529. The van der Waals surface area contributed by atoms with Gasteiger partial charge in [0.25, 0.3) is 0 Å². The molecular weight excluding hydrogens is 366 g/mol. The normalized spacial score (nSPS) is 16.3. The third-order valence-corrected chi connectivity index (χ3v) is 5.22. The van der Waals surface area contributed by atoms with Crippen molar-refractivity contribution in [1.29, 1.82) is 0 Å². The Hall–Kier alpha value is -2.17. The molecule has 3 aromatic rings. The molecule has 27 heavy (non-hydrogen) atoms. The van der Waals surface area contributed by atoms with Crippen molar-refractivity contribution >= 4 is 11.8 Å². The third-order valence-electron chi connectivity index (χ3n) is 4.67. The average molecular weight is 389 g/mol. The molecule has 4 rings (SSSR count). The Morgan fingerprint density at radius 2 is 2.26 bits per heavy atom. The monoisotopic (exact) mass is 389 g/mol. The second kappa shape index (κ2) is 7.83. The van der Waals surface area contributed by atoms with Gasteiger partial charge in [0.1, 0.15) is 6.10 Å². The summed E-state index contributed by atoms with van der Waals surface area (Å²) in [4.78, 5) is 6.72. The van der Waals surface area contributed by atoms with E-state index in [1.54, 1.807) is 22.6 Å². The largest absolute Gasteiger partial charge is 0.380 e. The molecule has 4 heterocycles. The van der Waals surface area contributed by atoms with Gasteiger partial charge in [0.2, 0.25) is 5.89 Å². The van der Waals surface area contributed by atoms with Crippen LogP contribution in [-0.2, 0) is 32.4 Å². The minimum Gasteiger partial charge on any atom is -0.380 e. The molecule has 1 aliphatic rings. The zero-order valence-electron chi connectivity index (χ0n) is 15.4. The molecule has 0 radical (unpaired) electrons. The third kappa shape index (κ3) is 3.92. The number of nitrogens with zero attached hydrogens (tertiary/aromatic N) is 7. The van der Waals surface area contributed by atoms with Gasteiger partial charge < -0.3 is 9.63 Å². The highest BCUT2D eigenvalue weighted by atomic mass is 32.2. The topological polar surface area (TPSA) is 98.0 Å². The molecule has 0 amide bonds. The van der Waals surface area contributed by atoms with Crippen molar-refractivity contribution in [1.82, 2.24) is 34.6 Å².